The first-order valence-electron chi connectivity index (χ1n) is 9.37. The van der Waals surface area contributed by atoms with Crippen LogP contribution in [0, 0.1) is 0 Å². The van der Waals surface area contributed by atoms with Crippen LogP contribution in [0.3, 0.4) is 0 Å². The van der Waals surface area contributed by atoms with Gasteiger partial charge in [0.25, 0.3) is 5.56 Å². The molecule has 0 unspecified atom stereocenters. The molecule has 1 aliphatic heterocycles. The van der Waals surface area contributed by atoms with E-state index in [0.717, 1.165) is 17.7 Å². The maximum absolute atomic E-state index is 12.7. The maximum Gasteiger partial charge on any atom is 0.416 e. The van der Waals surface area contributed by atoms with Crippen molar-refractivity contribution in [2.45, 2.75) is 24.9 Å². The third-order valence-corrected chi connectivity index (χ3v) is 5.05. The molecule has 0 spiro atoms. The van der Waals surface area contributed by atoms with Crippen LogP contribution in [-0.2, 0) is 24.6 Å². The Hall–Kier alpha value is -2.98. The SMILES string of the molecule is Cn1cc(-c2cnn([C@@H]3CNC[C@H]3OCc3ccc(C(F)(F)F)cc3)c(=O)c2)cn1. The highest BCUT2D eigenvalue weighted by Gasteiger charge is 2.32. The number of nitrogens with zero attached hydrogens (tertiary/aromatic N) is 4. The summed E-state index contributed by atoms with van der Waals surface area (Å²) in [6.45, 7) is 1.17. The molecule has 0 radical (unpaired) electrons. The molecular formula is C20H20F3N5O2. The van der Waals surface area contributed by atoms with E-state index in [0.29, 0.717) is 24.2 Å². The first kappa shape index (κ1) is 20.3. The van der Waals surface area contributed by atoms with E-state index < -0.39 is 11.7 Å². The zero-order valence-electron chi connectivity index (χ0n) is 16.1. The Morgan fingerprint density at radius 1 is 1.13 bits per heavy atom. The van der Waals surface area contributed by atoms with Crippen molar-refractivity contribution < 1.29 is 17.9 Å². The minimum atomic E-state index is -4.37. The highest BCUT2D eigenvalue weighted by Crippen LogP contribution is 2.29. The van der Waals surface area contributed by atoms with Crippen LogP contribution in [0.2, 0.25) is 0 Å². The molecule has 30 heavy (non-hydrogen) atoms. The molecule has 2 atom stereocenters. The fraction of sp³-hybridized carbons (Fsp3) is 0.350. The summed E-state index contributed by atoms with van der Waals surface area (Å²) in [6.07, 6.45) is 0.377. The van der Waals surface area contributed by atoms with E-state index in [1.807, 2.05) is 0 Å². The zero-order chi connectivity index (χ0) is 21.3. The number of hydrogen-bond donors (Lipinski definition) is 1. The third-order valence-electron chi connectivity index (χ3n) is 5.05. The Labute approximate surface area is 170 Å². The summed E-state index contributed by atoms with van der Waals surface area (Å²) in [5, 5.41) is 11.6. The summed E-state index contributed by atoms with van der Waals surface area (Å²) in [6, 6.07) is 6.06. The molecule has 158 valence electrons. The van der Waals surface area contributed by atoms with Crippen molar-refractivity contribution in [3.63, 3.8) is 0 Å². The highest BCUT2D eigenvalue weighted by atomic mass is 19.4. The Balaban J connectivity index is 1.45. The van der Waals surface area contributed by atoms with Crippen LogP contribution in [0.15, 0.2) is 53.7 Å². The molecule has 3 aromatic rings. The molecule has 10 heteroatoms. The number of hydrogen-bond acceptors (Lipinski definition) is 5. The summed E-state index contributed by atoms with van der Waals surface area (Å²) in [5.41, 5.74) is 1.15. The van der Waals surface area contributed by atoms with Crippen molar-refractivity contribution in [2.24, 2.45) is 7.05 Å². The fourth-order valence-corrected chi connectivity index (χ4v) is 3.44. The van der Waals surface area contributed by atoms with E-state index in [1.54, 1.807) is 30.3 Å². The van der Waals surface area contributed by atoms with Gasteiger partial charge in [-0.25, -0.2) is 4.68 Å². The third kappa shape index (κ3) is 4.29. The van der Waals surface area contributed by atoms with Crippen LogP contribution >= 0.6 is 0 Å². The number of rotatable bonds is 5. The second kappa shape index (κ2) is 8.04. The molecule has 0 bridgehead atoms. The summed E-state index contributed by atoms with van der Waals surface area (Å²) in [5.74, 6) is 0. The van der Waals surface area contributed by atoms with Crippen molar-refractivity contribution in [1.29, 1.82) is 0 Å². The van der Waals surface area contributed by atoms with Crippen molar-refractivity contribution in [2.75, 3.05) is 13.1 Å². The molecule has 0 saturated carbocycles. The van der Waals surface area contributed by atoms with Crippen LogP contribution in [0.4, 0.5) is 13.2 Å². The lowest BCUT2D eigenvalue weighted by Crippen LogP contribution is -2.34. The van der Waals surface area contributed by atoms with E-state index >= 15 is 0 Å². The van der Waals surface area contributed by atoms with E-state index in [4.69, 9.17) is 4.74 Å². The van der Waals surface area contributed by atoms with Crippen molar-refractivity contribution >= 4 is 0 Å². The minimum Gasteiger partial charge on any atom is -0.370 e. The maximum atomic E-state index is 12.7. The second-order valence-electron chi connectivity index (χ2n) is 7.20. The normalized spacial score (nSPS) is 19.3. The minimum absolute atomic E-state index is 0.142. The molecule has 3 heterocycles. The van der Waals surface area contributed by atoms with Gasteiger partial charge in [0.05, 0.1) is 36.7 Å². The van der Waals surface area contributed by atoms with Crippen molar-refractivity contribution in [3.05, 3.63) is 70.4 Å². The number of alkyl halides is 3. The van der Waals surface area contributed by atoms with Gasteiger partial charge in [-0.3, -0.25) is 9.48 Å². The largest absolute Gasteiger partial charge is 0.416 e. The number of benzene rings is 1. The molecule has 1 fully saturated rings. The van der Waals surface area contributed by atoms with Crippen LogP contribution < -0.4 is 10.9 Å². The van der Waals surface area contributed by atoms with E-state index in [1.165, 1.54) is 22.9 Å². The van der Waals surface area contributed by atoms with Gasteiger partial charge in [-0.15, -0.1) is 0 Å². The Morgan fingerprint density at radius 2 is 1.87 bits per heavy atom. The van der Waals surface area contributed by atoms with Crippen molar-refractivity contribution in [3.8, 4) is 11.1 Å². The lowest BCUT2D eigenvalue weighted by molar-refractivity contribution is -0.137. The van der Waals surface area contributed by atoms with Crippen molar-refractivity contribution in [1.82, 2.24) is 24.9 Å². The van der Waals surface area contributed by atoms with Gasteiger partial charge in [0.1, 0.15) is 0 Å². The lowest BCUT2D eigenvalue weighted by atomic mass is 10.1. The number of nitrogens with one attached hydrogen (secondary N) is 1. The predicted molar refractivity (Wildman–Crippen MR) is 103 cm³/mol. The van der Waals surface area contributed by atoms with Gasteiger partial charge in [-0.2, -0.15) is 23.4 Å². The number of halogens is 3. The molecule has 1 aromatic carbocycles. The highest BCUT2D eigenvalue weighted by molar-refractivity contribution is 5.59. The average Bonchev–Trinajstić information content (AvgIpc) is 3.35. The lowest BCUT2D eigenvalue weighted by Gasteiger charge is -2.20. The second-order valence-corrected chi connectivity index (χ2v) is 7.20. The van der Waals surface area contributed by atoms with Crippen LogP contribution in [-0.4, -0.2) is 38.8 Å². The molecule has 1 aliphatic rings. The van der Waals surface area contributed by atoms with Crippen LogP contribution in [0.1, 0.15) is 17.2 Å². The van der Waals surface area contributed by atoms with E-state index in [-0.39, 0.29) is 24.3 Å². The first-order valence-corrected chi connectivity index (χ1v) is 9.37. The van der Waals surface area contributed by atoms with Gasteiger partial charge in [-0.05, 0) is 17.7 Å². The average molecular weight is 419 g/mol. The molecule has 0 amide bonds. The summed E-state index contributed by atoms with van der Waals surface area (Å²) in [4.78, 5) is 12.6. The van der Waals surface area contributed by atoms with Crippen LogP contribution in [0.25, 0.3) is 11.1 Å². The quantitative estimate of drug-likeness (QED) is 0.688. The molecule has 0 aliphatic carbocycles. The smallest absolute Gasteiger partial charge is 0.370 e. The van der Waals surface area contributed by atoms with Crippen LogP contribution in [0.5, 0.6) is 0 Å². The number of ether oxygens (including phenoxy) is 1. The van der Waals surface area contributed by atoms with Gasteiger partial charge < -0.3 is 10.1 Å². The topological polar surface area (TPSA) is 74.0 Å². The molecule has 7 nitrogen and oxygen atoms in total. The monoisotopic (exact) mass is 419 g/mol. The fourth-order valence-electron chi connectivity index (χ4n) is 3.44. The first-order chi connectivity index (χ1) is 14.3. The van der Waals surface area contributed by atoms with Gasteiger partial charge in [-0.1, -0.05) is 12.1 Å². The standard InChI is InChI=1S/C20H20F3N5O2/c1-27-11-15(8-25-27)14-6-19(29)28(26-7-14)17-9-24-10-18(17)30-12-13-2-4-16(5-3-13)20(21,22)23/h2-8,11,17-18,24H,9-10,12H2,1H3/t17-,18-/m1/s1. The van der Waals surface area contributed by atoms with Gasteiger partial charge in [0, 0.05) is 43.5 Å². The molecule has 4 rings (SSSR count). The Kier molecular flexibility index (Phi) is 5.44. The van der Waals surface area contributed by atoms with E-state index in [2.05, 4.69) is 15.5 Å². The van der Waals surface area contributed by atoms with Gasteiger partial charge in [0.15, 0.2) is 0 Å². The molecular weight excluding hydrogens is 399 g/mol. The summed E-state index contributed by atoms with van der Waals surface area (Å²) >= 11 is 0. The summed E-state index contributed by atoms with van der Waals surface area (Å²) in [7, 11) is 1.79. The predicted octanol–water partition coefficient (Wildman–Crippen LogP) is 2.39. The number of aromatic nitrogens is 4. The Bertz CT molecular complexity index is 1080. The number of aryl methyl sites for hydroxylation is 1. The molecule has 1 N–H and O–H groups in total. The summed E-state index contributed by atoms with van der Waals surface area (Å²) < 4.78 is 47.0. The Morgan fingerprint density at radius 3 is 2.50 bits per heavy atom. The van der Waals surface area contributed by atoms with E-state index in [9.17, 15) is 18.0 Å². The van der Waals surface area contributed by atoms with Gasteiger partial charge in [0.2, 0.25) is 0 Å². The zero-order valence-corrected chi connectivity index (χ0v) is 16.1. The molecule has 2 aromatic heterocycles. The van der Waals surface area contributed by atoms with Gasteiger partial charge >= 0.3 is 6.18 Å². The molecule has 1 saturated heterocycles.